The molecule has 1 atom stereocenters. The van der Waals surface area contributed by atoms with Gasteiger partial charge in [0.15, 0.2) is 17.4 Å². The van der Waals surface area contributed by atoms with Gasteiger partial charge in [0.2, 0.25) is 0 Å². The van der Waals surface area contributed by atoms with Gasteiger partial charge in [-0.05, 0) is 44.9 Å². The molecule has 1 amide bonds. The molecule has 0 radical (unpaired) electrons. The summed E-state index contributed by atoms with van der Waals surface area (Å²) in [7, 11) is 0. The van der Waals surface area contributed by atoms with Crippen molar-refractivity contribution in [3.63, 3.8) is 0 Å². The summed E-state index contributed by atoms with van der Waals surface area (Å²) in [5.74, 6) is -3.54. The van der Waals surface area contributed by atoms with Crippen LogP contribution in [0.1, 0.15) is 50.1 Å². The highest BCUT2D eigenvalue weighted by molar-refractivity contribution is 5.83. The lowest BCUT2D eigenvalue weighted by Crippen LogP contribution is -2.54. The molecule has 0 unspecified atom stereocenters. The van der Waals surface area contributed by atoms with E-state index in [-0.39, 0.29) is 30.9 Å². The molecular formula is C31H32F5N5O3. The van der Waals surface area contributed by atoms with Gasteiger partial charge in [-0.25, -0.2) is 18.6 Å². The molecule has 8 nitrogen and oxygen atoms in total. The van der Waals surface area contributed by atoms with Crippen molar-refractivity contribution >= 4 is 22.8 Å². The zero-order valence-corrected chi connectivity index (χ0v) is 24.6. The number of benzene rings is 2. The molecule has 0 saturated carbocycles. The monoisotopic (exact) mass is 617 g/mol. The van der Waals surface area contributed by atoms with E-state index in [0.717, 1.165) is 0 Å². The van der Waals surface area contributed by atoms with Crippen LogP contribution >= 0.6 is 0 Å². The maximum Gasteiger partial charge on any atom is 0.419 e. The summed E-state index contributed by atoms with van der Waals surface area (Å²) >= 11 is 0. The number of carbonyl (C=O) groups is 1. The van der Waals surface area contributed by atoms with Crippen LogP contribution in [-0.4, -0.2) is 57.5 Å². The van der Waals surface area contributed by atoms with Gasteiger partial charge < -0.3 is 19.3 Å². The first-order valence-electron chi connectivity index (χ1n) is 14.0. The van der Waals surface area contributed by atoms with Gasteiger partial charge in [0, 0.05) is 49.7 Å². The fourth-order valence-corrected chi connectivity index (χ4v) is 5.07. The zero-order chi connectivity index (χ0) is 31.8. The van der Waals surface area contributed by atoms with E-state index < -0.39 is 40.3 Å². The predicted molar refractivity (Wildman–Crippen MR) is 153 cm³/mol. The normalized spacial score (nSPS) is 16.0. The first kappa shape index (κ1) is 31.0. The number of nitrogens with one attached hydrogen (secondary N) is 1. The third-order valence-electron chi connectivity index (χ3n) is 7.21. The highest BCUT2D eigenvalue weighted by Crippen LogP contribution is 2.39. The number of pyridine rings is 1. The number of aromatic amines is 1. The third-order valence-corrected chi connectivity index (χ3v) is 7.21. The van der Waals surface area contributed by atoms with E-state index in [1.807, 2.05) is 11.8 Å². The lowest BCUT2D eigenvalue weighted by atomic mass is 10.0. The van der Waals surface area contributed by atoms with Crippen LogP contribution in [-0.2, 0) is 23.9 Å². The molecule has 44 heavy (non-hydrogen) atoms. The number of piperazine rings is 1. The number of ether oxygens (including phenoxy) is 2. The van der Waals surface area contributed by atoms with Crippen LogP contribution in [0, 0.1) is 11.6 Å². The van der Waals surface area contributed by atoms with Crippen molar-refractivity contribution in [3.05, 3.63) is 82.7 Å². The fraction of sp³-hybridized carbons (Fsp3) is 0.387. The van der Waals surface area contributed by atoms with E-state index in [1.54, 1.807) is 62.1 Å². The molecule has 4 aromatic rings. The molecule has 3 heterocycles. The average molecular weight is 618 g/mol. The maximum absolute atomic E-state index is 15.5. The van der Waals surface area contributed by atoms with Gasteiger partial charge in [0.05, 0.1) is 16.8 Å². The summed E-state index contributed by atoms with van der Waals surface area (Å²) < 4.78 is 82.3. The SMILES string of the molecule is C[C@H]1CN(C(=O)OC(C)(C)C)CCN1c1cc2[nH]nc(Cc3cc(C(F)(F)F)c(F)c(OCc4ccccc4)c3F)c2cn1. The van der Waals surface area contributed by atoms with Crippen molar-refractivity contribution in [2.75, 3.05) is 24.5 Å². The molecule has 1 N–H and O–H groups in total. The van der Waals surface area contributed by atoms with Gasteiger partial charge >= 0.3 is 12.3 Å². The second-order valence-corrected chi connectivity index (χ2v) is 11.7. The summed E-state index contributed by atoms with van der Waals surface area (Å²) in [5.41, 5.74) is -1.36. The van der Waals surface area contributed by atoms with Crippen LogP contribution in [0.25, 0.3) is 10.9 Å². The van der Waals surface area contributed by atoms with Gasteiger partial charge in [-0.15, -0.1) is 0 Å². The van der Waals surface area contributed by atoms with Crippen molar-refractivity contribution in [1.29, 1.82) is 0 Å². The van der Waals surface area contributed by atoms with Crippen LogP contribution < -0.4 is 9.64 Å². The number of hydrogen-bond donors (Lipinski definition) is 1. The van der Waals surface area contributed by atoms with Crippen molar-refractivity contribution in [1.82, 2.24) is 20.1 Å². The minimum Gasteiger partial charge on any atom is -0.483 e. The molecule has 1 saturated heterocycles. The number of aromatic nitrogens is 3. The number of alkyl halides is 3. The smallest absolute Gasteiger partial charge is 0.419 e. The minimum absolute atomic E-state index is 0.0907. The standard InChI is InChI=1S/C31H32F5N5O3/c1-18-16-40(29(42)44-30(2,3)4)10-11-41(18)25-14-24-21(15-37-25)23(38-39-24)13-20-12-22(31(34,35)36)27(33)28(26(20)32)43-17-19-8-6-5-7-9-19/h5-9,12,14-15,18H,10-11,13,16-17H2,1-4H3,(H,38,39)/t18-/m0/s1. The Balaban J connectivity index is 1.38. The number of anilines is 1. The molecule has 1 aliphatic rings. The first-order chi connectivity index (χ1) is 20.7. The molecule has 5 rings (SSSR count). The molecule has 2 aromatic heterocycles. The number of carbonyl (C=O) groups excluding carboxylic acids is 1. The van der Waals surface area contributed by atoms with Crippen LogP contribution in [0.4, 0.5) is 32.6 Å². The van der Waals surface area contributed by atoms with Gasteiger partial charge in [-0.1, -0.05) is 30.3 Å². The number of H-pyrrole nitrogens is 1. The predicted octanol–water partition coefficient (Wildman–Crippen LogP) is 6.87. The van der Waals surface area contributed by atoms with E-state index in [2.05, 4.69) is 15.2 Å². The molecule has 1 aliphatic heterocycles. The number of fused-ring (bicyclic) bond motifs is 1. The topological polar surface area (TPSA) is 83.6 Å². The fourth-order valence-electron chi connectivity index (χ4n) is 5.07. The highest BCUT2D eigenvalue weighted by atomic mass is 19.4. The van der Waals surface area contributed by atoms with E-state index in [4.69, 9.17) is 9.47 Å². The van der Waals surface area contributed by atoms with E-state index in [9.17, 15) is 22.4 Å². The Labute approximate surface area is 250 Å². The molecule has 234 valence electrons. The minimum atomic E-state index is -5.08. The Kier molecular flexibility index (Phi) is 8.41. The summed E-state index contributed by atoms with van der Waals surface area (Å²) in [5, 5.41) is 7.52. The van der Waals surface area contributed by atoms with E-state index in [1.165, 1.54) is 6.20 Å². The Morgan fingerprint density at radius 3 is 2.45 bits per heavy atom. The van der Waals surface area contributed by atoms with E-state index in [0.29, 0.717) is 48.0 Å². The highest BCUT2D eigenvalue weighted by Gasteiger charge is 2.38. The van der Waals surface area contributed by atoms with E-state index >= 15 is 4.39 Å². The largest absolute Gasteiger partial charge is 0.483 e. The number of nitrogens with zero attached hydrogens (tertiary/aromatic N) is 4. The summed E-state index contributed by atoms with van der Waals surface area (Å²) in [6.45, 7) is 8.39. The molecule has 0 spiro atoms. The number of halogens is 5. The van der Waals surface area contributed by atoms with Gasteiger partial charge in [-0.2, -0.15) is 18.3 Å². The number of hydrogen-bond acceptors (Lipinski definition) is 6. The van der Waals surface area contributed by atoms with Crippen molar-refractivity contribution < 1.29 is 36.2 Å². The van der Waals surface area contributed by atoms with Crippen molar-refractivity contribution in [2.24, 2.45) is 0 Å². The molecule has 2 aromatic carbocycles. The van der Waals surface area contributed by atoms with Gasteiger partial charge in [0.25, 0.3) is 0 Å². The summed E-state index contributed by atoms with van der Waals surface area (Å²) in [6.07, 6.45) is -4.33. The van der Waals surface area contributed by atoms with Crippen molar-refractivity contribution in [2.45, 2.75) is 58.5 Å². The van der Waals surface area contributed by atoms with Crippen molar-refractivity contribution in [3.8, 4) is 5.75 Å². The van der Waals surface area contributed by atoms with Gasteiger partial charge in [-0.3, -0.25) is 5.10 Å². The maximum atomic E-state index is 15.5. The quantitative estimate of drug-likeness (QED) is 0.238. The third kappa shape index (κ3) is 6.71. The van der Waals surface area contributed by atoms with Crippen LogP contribution in [0.2, 0.25) is 0 Å². The molecule has 1 fully saturated rings. The summed E-state index contributed by atoms with van der Waals surface area (Å²) in [6, 6.07) is 10.4. The Morgan fingerprint density at radius 2 is 1.80 bits per heavy atom. The van der Waals surface area contributed by atoms with Gasteiger partial charge in [0.1, 0.15) is 18.0 Å². The first-order valence-corrected chi connectivity index (χ1v) is 14.0. The molecule has 13 heteroatoms. The lowest BCUT2D eigenvalue weighted by molar-refractivity contribution is -0.140. The summed E-state index contributed by atoms with van der Waals surface area (Å²) in [4.78, 5) is 20.7. The average Bonchev–Trinajstić information content (AvgIpc) is 3.35. The molecule has 0 bridgehead atoms. The second kappa shape index (κ2) is 11.9. The number of amides is 1. The lowest BCUT2D eigenvalue weighted by Gasteiger charge is -2.40. The molecule has 0 aliphatic carbocycles. The second-order valence-electron chi connectivity index (χ2n) is 11.7. The van der Waals surface area contributed by atoms with Crippen LogP contribution in [0.3, 0.4) is 0 Å². The molecular weight excluding hydrogens is 585 g/mol. The zero-order valence-electron chi connectivity index (χ0n) is 24.6. The Hall–Kier alpha value is -4.42. The van der Waals surface area contributed by atoms with Crippen LogP contribution in [0.5, 0.6) is 5.75 Å². The Bertz CT molecular complexity index is 1650. The van der Waals surface area contributed by atoms with Crippen LogP contribution in [0.15, 0.2) is 48.7 Å². The number of rotatable bonds is 6. The Morgan fingerprint density at radius 1 is 1.07 bits per heavy atom.